The molecule has 144 valence electrons. The second kappa shape index (κ2) is 6.86. The van der Waals surface area contributed by atoms with Crippen molar-refractivity contribution >= 4 is 17.7 Å². The van der Waals surface area contributed by atoms with Crippen molar-refractivity contribution in [1.82, 2.24) is 15.5 Å². The first-order valence-corrected chi connectivity index (χ1v) is 10.3. The first-order valence-electron chi connectivity index (χ1n) is 10.3. The van der Waals surface area contributed by atoms with Crippen LogP contribution in [0.25, 0.3) is 0 Å². The van der Waals surface area contributed by atoms with Crippen molar-refractivity contribution in [3.8, 4) is 0 Å². The van der Waals surface area contributed by atoms with Gasteiger partial charge >= 0.3 is 0 Å². The highest BCUT2D eigenvalue weighted by Crippen LogP contribution is 2.60. The monoisotopic (exact) mass is 361 g/mol. The first kappa shape index (κ1) is 17.8. The van der Waals surface area contributed by atoms with Gasteiger partial charge in [-0.25, -0.2) is 0 Å². The first-order chi connectivity index (χ1) is 12.5. The van der Waals surface area contributed by atoms with E-state index in [0.717, 1.165) is 49.9 Å². The van der Waals surface area contributed by atoms with Gasteiger partial charge in [-0.15, -0.1) is 0 Å². The van der Waals surface area contributed by atoms with E-state index in [9.17, 15) is 14.4 Å². The van der Waals surface area contributed by atoms with Gasteiger partial charge in [0.25, 0.3) is 0 Å². The summed E-state index contributed by atoms with van der Waals surface area (Å²) in [4.78, 5) is 38.9. The molecule has 4 bridgehead atoms. The predicted molar refractivity (Wildman–Crippen MR) is 97.0 cm³/mol. The molecule has 1 saturated heterocycles. The molecule has 0 aromatic rings. The van der Waals surface area contributed by atoms with E-state index in [1.165, 1.54) is 26.2 Å². The van der Waals surface area contributed by atoms with Crippen molar-refractivity contribution in [3.05, 3.63) is 0 Å². The molecule has 0 aromatic carbocycles. The predicted octanol–water partition coefficient (Wildman–Crippen LogP) is 1.45. The van der Waals surface area contributed by atoms with Gasteiger partial charge in [0.2, 0.25) is 17.7 Å². The molecule has 1 heterocycles. The molecular formula is C20H31N3O3. The standard InChI is InChI=1S/C20H31N3O3/c1-13(24)21-4-5-22-18(25)17-3-2-6-23(17)19(26)20-10-14-7-15(11-20)9-16(8-14)12-20/h14-17H,2-12H2,1H3,(H,21,24)(H,22,25). The lowest BCUT2D eigenvalue weighted by atomic mass is 9.49. The summed E-state index contributed by atoms with van der Waals surface area (Å²) in [6, 6.07) is -0.326. The number of carbonyl (C=O) groups excluding carboxylic acids is 3. The van der Waals surface area contributed by atoms with Gasteiger partial charge in [-0.2, -0.15) is 0 Å². The van der Waals surface area contributed by atoms with Gasteiger partial charge < -0.3 is 15.5 Å². The van der Waals surface area contributed by atoms with Crippen molar-refractivity contribution in [2.75, 3.05) is 19.6 Å². The van der Waals surface area contributed by atoms with Crippen molar-refractivity contribution in [3.63, 3.8) is 0 Å². The fraction of sp³-hybridized carbons (Fsp3) is 0.850. The average molecular weight is 361 g/mol. The molecule has 26 heavy (non-hydrogen) atoms. The topological polar surface area (TPSA) is 78.5 Å². The second-order valence-corrected chi connectivity index (χ2v) is 9.13. The van der Waals surface area contributed by atoms with E-state index in [2.05, 4.69) is 10.6 Å². The summed E-state index contributed by atoms with van der Waals surface area (Å²) in [6.07, 6.45) is 8.76. The number of rotatable bonds is 5. The van der Waals surface area contributed by atoms with Gasteiger partial charge in [0.1, 0.15) is 6.04 Å². The molecule has 5 rings (SSSR count). The van der Waals surface area contributed by atoms with Crippen molar-refractivity contribution < 1.29 is 14.4 Å². The van der Waals surface area contributed by atoms with Crippen LogP contribution in [0.15, 0.2) is 0 Å². The van der Waals surface area contributed by atoms with Crippen molar-refractivity contribution in [1.29, 1.82) is 0 Å². The normalized spacial score (nSPS) is 37.7. The Labute approximate surface area is 155 Å². The van der Waals surface area contributed by atoms with E-state index >= 15 is 0 Å². The molecule has 3 amide bonds. The number of likely N-dealkylation sites (tertiary alicyclic amines) is 1. The Hall–Kier alpha value is -1.59. The largest absolute Gasteiger partial charge is 0.355 e. The molecule has 1 aliphatic heterocycles. The molecule has 5 fully saturated rings. The Morgan fingerprint density at radius 1 is 0.962 bits per heavy atom. The van der Waals surface area contributed by atoms with E-state index in [1.54, 1.807) is 0 Å². The Kier molecular flexibility index (Phi) is 4.70. The number of nitrogens with zero attached hydrogens (tertiary/aromatic N) is 1. The van der Waals surface area contributed by atoms with E-state index in [-0.39, 0.29) is 29.2 Å². The SMILES string of the molecule is CC(=O)NCCNC(=O)C1CCCN1C(=O)C12CC3CC(CC(C3)C1)C2. The Morgan fingerprint density at radius 2 is 1.54 bits per heavy atom. The quantitative estimate of drug-likeness (QED) is 0.728. The third kappa shape index (κ3) is 3.23. The van der Waals surface area contributed by atoms with Crippen LogP contribution < -0.4 is 10.6 Å². The molecule has 0 aromatic heterocycles. The highest BCUT2D eigenvalue weighted by atomic mass is 16.2. The Balaban J connectivity index is 1.39. The average Bonchev–Trinajstić information content (AvgIpc) is 3.06. The van der Waals surface area contributed by atoms with E-state index in [0.29, 0.717) is 19.6 Å². The zero-order valence-corrected chi connectivity index (χ0v) is 15.8. The fourth-order valence-corrected chi connectivity index (χ4v) is 6.50. The van der Waals surface area contributed by atoms with Gasteiger partial charge in [0.05, 0.1) is 5.41 Å². The summed E-state index contributed by atoms with van der Waals surface area (Å²) in [7, 11) is 0. The maximum atomic E-state index is 13.5. The van der Waals surface area contributed by atoms with Gasteiger partial charge in [-0.1, -0.05) is 0 Å². The summed E-state index contributed by atoms with van der Waals surface area (Å²) in [5.74, 6) is 2.30. The summed E-state index contributed by atoms with van der Waals surface area (Å²) >= 11 is 0. The number of nitrogens with one attached hydrogen (secondary N) is 2. The minimum Gasteiger partial charge on any atom is -0.355 e. The lowest BCUT2D eigenvalue weighted by molar-refractivity contribution is -0.160. The minimum absolute atomic E-state index is 0.0640. The van der Waals surface area contributed by atoms with Crippen molar-refractivity contribution in [2.45, 2.75) is 64.3 Å². The summed E-state index contributed by atoms with van der Waals surface area (Å²) in [6.45, 7) is 3.01. The number of carbonyl (C=O) groups is 3. The van der Waals surface area contributed by atoms with Crippen LogP contribution >= 0.6 is 0 Å². The molecule has 5 aliphatic rings. The van der Waals surface area contributed by atoms with Crippen LogP contribution in [0.3, 0.4) is 0 Å². The molecule has 6 nitrogen and oxygen atoms in total. The molecule has 0 spiro atoms. The number of hydrogen-bond donors (Lipinski definition) is 2. The zero-order chi connectivity index (χ0) is 18.3. The Morgan fingerprint density at radius 3 is 2.12 bits per heavy atom. The molecule has 4 saturated carbocycles. The van der Waals surface area contributed by atoms with Crippen LogP contribution in [-0.2, 0) is 14.4 Å². The lowest BCUT2D eigenvalue weighted by Crippen LogP contribution is -2.57. The Bertz CT molecular complexity index is 568. The van der Waals surface area contributed by atoms with Gasteiger partial charge in [0.15, 0.2) is 0 Å². The minimum atomic E-state index is -0.326. The van der Waals surface area contributed by atoms with E-state index in [4.69, 9.17) is 0 Å². The summed E-state index contributed by atoms with van der Waals surface area (Å²) in [5.41, 5.74) is -0.173. The van der Waals surface area contributed by atoms with Crippen LogP contribution in [-0.4, -0.2) is 48.3 Å². The fourth-order valence-electron chi connectivity index (χ4n) is 6.50. The van der Waals surface area contributed by atoms with Gasteiger partial charge in [0, 0.05) is 26.6 Å². The molecule has 1 atom stereocenters. The number of hydrogen-bond acceptors (Lipinski definition) is 3. The molecule has 6 heteroatoms. The van der Waals surface area contributed by atoms with Gasteiger partial charge in [-0.3, -0.25) is 14.4 Å². The molecule has 2 N–H and O–H groups in total. The second-order valence-electron chi connectivity index (χ2n) is 9.13. The molecule has 0 radical (unpaired) electrons. The number of amides is 3. The van der Waals surface area contributed by atoms with Crippen LogP contribution in [0.5, 0.6) is 0 Å². The van der Waals surface area contributed by atoms with Crippen LogP contribution in [0.4, 0.5) is 0 Å². The lowest BCUT2D eigenvalue weighted by Gasteiger charge is -2.56. The third-order valence-electron chi connectivity index (χ3n) is 7.11. The maximum Gasteiger partial charge on any atom is 0.242 e. The molecule has 4 aliphatic carbocycles. The molecular weight excluding hydrogens is 330 g/mol. The van der Waals surface area contributed by atoms with Crippen LogP contribution in [0.2, 0.25) is 0 Å². The van der Waals surface area contributed by atoms with Crippen molar-refractivity contribution in [2.24, 2.45) is 23.2 Å². The summed E-state index contributed by atoms with van der Waals surface area (Å²) < 4.78 is 0. The third-order valence-corrected chi connectivity index (χ3v) is 7.11. The smallest absolute Gasteiger partial charge is 0.242 e. The zero-order valence-electron chi connectivity index (χ0n) is 15.8. The summed E-state index contributed by atoms with van der Waals surface area (Å²) in [5, 5.41) is 5.57. The molecule has 1 unspecified atom stereocenters. The van der Waals surface area contributed by atoms with Gasteiger partial charge in [-0.05, 0) is 69.1 Å². The maximum absolute atomic E-state index is 13.5. The van der Waals surface area contributed by atoms with E-state index < -0.39 is 0 Å². The van der Waals surface area contributed by atoms with Crippen LogP contribution in [0.1, 0.15) is 58.3 Å². The van der Waals surface area contributed by atoms with Crippen LogP contribution in [0, 0.1) is 23.2 Å². The van der Waals surface area contributed by atoms with E-state index in [1.807, 2.05) is 4.90 Å². The highest BCUT2D eigenvalue weighted by Gasteiger charge is 2.56. The highest BCUT2D eigenvalue weighted by molar-refractivity contribution is 5.91.